The lowest BCUT2D eigenvalue weighted by atomic mass is 10.0. The third kappa shape index (κ3) is 5.28. The van der Waals surface area contributed by atoms with Gasteiger partial charge in [0.1, 0.15) is 11.5 Å². The molecule has 0 bridgehead atoms. The highest BCUT2D eigenvalue weighted by Crippen LogP contribution is 2.24. The van der Waals surface area contributed by atoms with Gasteiger partial charge >= 0.3 is 0 Å². The number of hydrogen-bond donors (Lipinski definition) is 1. The van der Waals surface area contributed by atoms with Gasteiger partial charge in [-0.15, -0.1) is 0 Å². The minimum Gasteiger partial charge on any atom is -0.508 e. The van der Waals surface area contributed by atoms with Gasteiger partial charge in [0.2, 0.25) is 0 Å². The summed E-state index contributed by atoms with van der Waals surface area (Å²) in [7, 11) is 0. The van der Waals surface area contributed by atoms with Gasteiger partial charge in [-0.2, -0.15) is 0 Å². The second kappa shape index (κ2) is 7.98. The molecule has 0 atom stereocenters. The van der Waals surface area contributed by atoms with Crippen LogP contribution in [-0.2, 0) is 6.42 Å². The molecule has 0 aliphatic heterocycles. The molecule has 2 nitrogen and oxygen atoms in total. The lowest BCUT2D eigenvalue weighted by Crippen LogP contribution is -2.30. The molecule has 20 heavy (non-hydrogen) atoms. The van der Waals surface area contributed by atoms with Crippen molar-refractivity contribution < 1.29 is 9.84 Å². The first-order chi connectivity index (χ1) is 9.49. The van der Waals surface area contributed by atoms with Crippen LogP contribution in [0.15, 0.2) is 36.1 Å². The van der Waals surface area contributed by atoms with E-state index in [4.69, 9.17) is 4.74 Å². The highest BCUT2D eigenvalue weighted by Gasteiger charge is 2.24. The molecule has 112 valence electrons. The number of aliphatic hydroxyl groups is 1. The smallest absolute Gasteiger partial charge is 0.159 e. The monoisotopic (exact) mass is 276 g/mol. The summed E-state index contributed by atoms with van der Waals surface area (Å²) in [6.45, 7) is 8.10. The summed E-state index contributed by atoms with van der Waals surface area (Å²) in [5.41, 5.74) is 0.606. The fourth-order valence-corrected chi connectivity index (χ4v) is 2.02. The topological polar surface area (TPSA) is 29.5 Å². The van der Waals surface area contributed by atoms with Gasteiger partial charge in [0.25, 0.3) is 0 Å². The highest BCUT2D eigenvalue weighted by atomic mass is 16.5. The average Bonchev–Trinajstić information content (AvgIpc) is 2.43. The molecule has 0 spiro atoms. The van der Waals surface area contributed by atoms with Crippen LogP contribution in [0.5, 0.6) is 5.75 Å². The zero-order chi connectivity index (χ0) is 15.0. The Labute approximate surface area is 123 Å². The maximum atomic E-state index is 10.2. The van der Waals surface area contributed by atoms with Crippen LogP contribution in [0.25, 0.3) is 0 Å². The van der Waals surface area contributed by atoms with Crippen LogP contribution < -0.4 is 4.74 Å². The van der Waals surface area contributed by atoms with E-state index in [-0.39, 0.29) is 0 Å². The first-order valence-corrected chi connectivity index (χ1v) is 7.67. The molecule has 0 aliphatic carbocycles. The van der Waals surface area contributed by atoms with E-state index in [1.54, 1.807) is 0 Å². The minimum atomic E-state index is -0.681. The summed E-state index contributed by atoms with van der Waals surface area (Å²) >= 11 is 0. The molecule has 0 saturated heterocycles. The van der Waals surface area contributed by atoms with Crippen molar-refractivity contribution in [1.82, 2.24) is 0 Å². The SMILES string of the molecule is CCCCC/C=C(\O)C(C)(C)Oc1ccc(CC)cc1. The lowest BCUT2D eigenvalue weighted by Gasteiger charge is -2.26. The summed E-state index contributed by atoms with van der Waals surface area (Å²) in [5, 5.41) is 10.2. The van der Waals surface area contributed by atoms with Crippen LogP contribution in [0, 0.1) is 0 Å². The molecule has 1 aromatic rings. The maximum absolute atomic E-state index is 10.2. The molecular weight excluding hydrogens is 248 g/mol. The molecule has 0 radical (unpaired) electrons. The Morgan fingerprint density at radius 2 is 1.80 bits per heavy atom. The standard InChI is InChI=1S/C18H28O2/c1-5-7-8-9-10-17(19)18(3,4)20-16-13-11-15(6-2)12-14-16/h10-14,19H,5-9H2,1-4H3/b17-10-. The largest absolute Gasteiger partial charge is 0.508 e. The van der Waals surface area contributed by atoms with Crippen LogP contribution in [0.4, 0.5) is 0 Å². The first-order valence-electron chi connectivity index (χ1n) is 7.67. The molecule has 0 amide bonds. The van der Waals surface area contributed by atoms with Gasteiger partial charge in [0.05, 0.1) is 0 Å². The third-order valence-electron chi connectivity index (χ3n) is 3.47. The first kappa shape index (κ1) is 16.6. The Balaban J connectivity index is 2.62. The van der Waals surface area contributed by atoms with E-state index < -0.39 is 5.60 Å². The number of aliphatic hydroxyl groups excluding tert-OH is 1. The van der Waals surface area contributed by atoms with Gasteiger partial charge in [-0.3, -0.25) is 0 Å². The molecular formula is C18H28O2. The molecule has 2 heteroatoms. The second-order valence-corrected chi connectivity index (χ2v) is 5.70. The van der Waals surface area contributed by atoms with Crippen molar-refractivity contribution >= 4 is 0 Å². The Morgan fingerprint density at radius 1 is 1.15 bits per heavy atom. The maximum Gasteiger partial charge on any atom is 0.159 e. The van der Waals surface area contributed by atoms with E-state index in [2.05, 4.69) is 26.0 Å². The molecule has 0 unspecified atom stereocenters. The van der Waals surface area contributed by atoms with Gasteiger partial charge in [-0.1, -0.05) is 38.8 Å². The van der Waals surface area contributed by atoms with E-state index in [1.807, 2.05) is 32.1 Å². The molecule has 1 N–H and O–H groups in total. The summed E-state index contributed by atoms with van der Waals surface area (Å²) in [6.07, 6.45) is 7.31. The molecule has 0 saturated carbocycles. The van der Waals surface area contributed by atoms with Crippen molar-refractivity contribution in [3.8, 4) is 5.75 Å². The molecule has 1 rings (SSSR count). The Bertz CT molecular complexity index is 416. The van der Waals surface area contributed by atoms with Crippen molar-refractivity contribution in [3.63, 3.8) is 0 Å². The Morgan fingerprint density at radius 3 is 2.35 bits per heavy atom. The molecule has 0 fully saturated rings. The van der Waals surface area contributed by atoms with Crippen LogP contribution >= 0.6 is 0 Å². The fraction of sp³-hybridized carbons (Fsp3) is 0.556. The zero-order valence-electron chi connectivity index (χ0n) is 13.3. The van der Waals surface area contributed by atoms with Crippen molar-refractivity contribution in [2.45, 2.75) is 65.4 Å². The number of benzene rings is 1. The Hall–Kier alpha value is -1.44. The molecule has 0 aromatic heterocycles. The van der Waals surface area contributed by atoms with Gasteiger partial charge in [0.15, 0.2) is 5.60 Å². The second-order valence-electron chi connectivity index (χ2n) is 5.70. The normalized spacial score (nSPS) is 12.5. The van der Waals surface area contributed by atoms with E-state index in [1.165, 1.54) is 18.4 Å². The summed E-state index contributed by atoms with van der Waals surface area (Å²) < 4.78 is 5.90. The Kier molecular flexibility index (Phi) is 6.63. The van der Waals surface area contributed by atoms with Crippen molar-refractivity contribution in [2.24, 2.45) is 0 Å². The van der Waals surface area contributed by atoms with Crippen molar-refractivity contribution in [1.29, 1.82) is 0 Å². The minimum absolute atomic E-state index is 0.313. The number of hydrogen-bond acceptors (Lipinski definition) is 2. The van der Waals surface area contributed by atoms with E-state index in [9.17, 15) is 5.11 Å². The number of allylic oxidation sites excluding steroid dienone is 1. The quantitative estimate of drug-likeness (QED) is 0.507. The van der Waals surface area contributed by atoms with E-state index >= 15 is 0 Å². The third-order valence-corrected chi connectivity index (χ3v) is 3.47. The fourth-order valence-electron chi connectivity index (χ4n) is 2.02. The molecule has 1 aromatic carbocycles. The van der Waals surface area contributed by atoms with E-state index in [0.29, 0.717) is 5.76 Å². The van der Waals surface area contributed by atoms with Crippen LogP contribution in [0.1, 0.15) is 58.9 Å². The summed E-state index contributed by atoms with van der Waals surface area (Å²) in [6, 6.07) is 8.05. The predicted molar refractivity (Wildman–Crippen MR) is 85.4 cm³/mol. The number of rotatable bonds is 8. The van der Waals surface area contributed by atoms with E-state index in [0.717, 1.165) is 25.0 Å². The van der Waals surface area contributed by atoms with Crippen LogP contribution in [0.3, 0.4) is 0 Å². The summed E-state index contributed by atoms with van der Waals surface area (Å²) in [5.74, 6) is 1.11. The summed E-state index contributed by atoms with van der Waals surface area (Å²) in [4.78, 5) is 0. The molecule has 0 aliphatic rings. The predicted octanol–water partition coefficient (Wildman–Crippen LogP) is 5.43. The average molecular weight is 276 g/mol. The van der Waals surface area contributed by atoms with Crippen molar-refractivity contribution in [2.75, 3.05) is 0 Å². The number of aryl methyl sites for hydroxylation is 1. The highest BCUT2D eigenvalue weighted by molar-refractivity contribution is 5.28. The van der Waals surface area contributed by atoms with Crippen molar-refractivity contribution in [3.05, 3.63) is 41.7 Å². The van der Waals surface area contributed by atoms with Gasteiger partial charge in [-0.05, 0) is 56.9 Å². The zero-order valence-corrected chi connectivity index (χ0v) is 13.3. The lowest BCUT2D eigenvalue weighted by molar-refractivity contribution is 0.0955. The van der Waals surface area contributed by atoms with Crippen LogP contribution in [0.2, 0.25) is 0 Å². The van der Waals surface area contributed by atoms with Crippen LogP contribution in [-0.4, -0.2) is 10.7 Å². The van der Waals surface area contributed by atoms with Gasteiger partial charge in [-0.25, -0.2) is 0 Å². The molecule has 0 heterocycles. The van der Waals surface area contributed by atoms with Gasteiger partial charge < -0.3 is 9.84 Å². The number of ether oxygens (including phenoxy) is 1. The van der Waals surface area contributed by atoms with Gasteiger partial charge in [0, 0.05) is 0 Å². The number of unbranched alkanes of at least 4 members (excludes halogenated alkanes) is 3.